The van der Waals surface area contributed by atoms with E-state index in [-0.39, 0.29) is 28.9 Å². The molecule has 1 aliphatic carbocycles. The summed E-state index contributed by atoms with van der Waals surface area (Å²) in [5.41, 5.74) is 0.422. The Kier molecular flexibility index (Phi) is 6.20. The minimum Gasteiger partial charge on any atom is -0.465 e. The molecule has 2 atom stereocenters. The average molecular weight is 483 g/mol. The fourth-order valence-corrected chi connectivity index (χ4v) is 5.58. The standard InChI is InChI=1S/C23H29Cl2N3O4/c1-23(8-9-23)20(29)28(10-4-3-5-11-28)21(30)27-13-16(19(14-27)26(2)22(31)32)15-6-7-17(24)18(25)12-15/h6-7,12,16,19H,3-5,8-11,13-14H2,1-2H3/p+1/t16-,19-/m1/s1. The summed E-state index contributed by atoms with van der Waals surface area (Å²) < 4.78 is -0.131. The van der Waals surface area contributed by atoms with Gasteiger partial charge in [-0.3, -0.25) is 4.90 Å². The number of hydrogen-bond acceptors (Lipinski definition) is 3. The highest BCUT2D eigenvalue weighted by molar-refractivity contribution is 6.42. The molecule has 0 unspecified atom stereocenters. The number of quaternary nitrogens is 1. The molecule has 3 aliphatic rings. The van der Waals surface area contributed by atoms with E-state index in [9.17, 15) is 19.5 Å². The highest BCUT2D eigenvalue weighted by atomic mass is 35.5. The lowest BCUT2D eigenvalue weighted by molar-refractivity contribution is -0.786. The molecule has 0 spiro atoms. The number of carboxylic acid groups (broad SMARTS) is 1. The van der Waals surface area contributed by atoms with E-state index in [2.05, 4.69) is 0 Å². The van der Waals surface area contributed by atoms with Crippen LogP contribution in [0.5, 0.6) is 0 Å². The first-order valence-corrected chi connectivity index (χ1v) is 12.0. The Morgan fingerprint density at radius 2 is 1.75 bits per heavy atom. The summed E-state index contributed by atoms with van der Waals surface area (Å²) in [6.45, 7) is 3.60. The fourth-order valence-electron chi connectivity index (χ4n) is 5.27. The number of imide groups is 1. The number of urea groups is 1. The third kappa shape index (κ3) is 3.99. The predicted molar refractivity (Wildman–Crippen MR) is 122 cm³/mol. The molecule has 3 fully saturated rings. The van der Waals surface area contributed by atoms with Crippen molar-refractivity contribution in [3.8, 4) is 0 Å². The van der Waals surface area contributed by atoms with Crippen LogP contribution in [0.3, 0.4) is 0 Å². The first kappa shape index (κ1) is 23.3. The van der Waals surface area contributed by atoms with Crippen molar-refractivity contribution in [2.75, 3.05) is 33.2 Å². The number of hydrogen-bond donors (Lipinski definition) is 1. The van der Waals surface area contributed by atoms with Gasteiger partial charge in [-0.2, -0.15) is 4.48 Å². The second-order valence-corrected chi connectivity index (χ2v) is 10.6. The van der Waals surface area contributed by atoms with Gasteiger partial charge in [-0.25, -0.2) is 14.4 Å². The number of benzene rings is 1. The number of piperidine rings is 1. The van der Waals surface area contributed by atoms with Crippen LogP contribution in [0.1, 0.15) is 50.5 Å². The largest absolute Gasteiger partial charge is 0.465 e. The van der Waals surface area contributed by atoms with Crippen molar-refractivity contribution in [2.24, 2.45) is 5.41 Å². The summed E-state index contributed by atoms with van der Waals surface area (Å²) in [5, 5.41) is 10.5. The second kappa shape index (κ2) is 8.50. The van der Waals surface area contributed by atoms with Gasteiger partial charge in [-0.05, 0) is 56.7 Å². The van der Waals surface area contributed by atoms with Gasteiger partial charge in [-0.15, -0.1) is 0 Å². The van der Waals surface area contributed by atoms with E-state index < -0.39 is 17.6 Å². The first-order valence-electron chi connectivity index (χ1n) is 11.2. The van der Waals surface area contributed by atoms with Crippen LogP contribution in [0.4, 0.5) is 9.59 Å². The maximum Gasteiger partial charge on any atom is 0.426 e. The van der Waals surface area contributed by atoms with Gasteiger partial charge >= 0.3 is 18.0 Å². The molecule has 2 saturated heterocycles. The van der Waals surface area contributed by atoms with Gasteiger partial charge in [0.2, 0.25) is 0 Å². The van der Waals surface area contributed by atoms with Crippen molar-refractivity contribution in [3.63, 3.8) is 0 Å². The summed E-state index contributed by atoms with van der Waals surface area (Å²) in [6.07, 6.45) is 3.31. The van der Waals surface area contributed by atoms with Crippen LogP contribution in [0.25, 0.3) is 0 Å². The van der Waals surface area contributed by atoms with Crippen LogP contribution < -0.4 is 0 Å². The van der Waals surface area contributed by atoms with Crippen molar-refractivity contribution in [1.82, 2.24) is 9.80 Å². The normalized spacial score (nSPS) is 25.9. The highest BCUT2D eigenvalue weighted by Crippen LogP contribution is 2.49. The molecule has 9 heteroatoms. The maximum absolute atomic E-state index is 13.9. The zero-order chi connectivity index (χ0) is 23.3. The van der Waals surface area contributed by atoms with E-state index >= 15 is 0 Å². The smallest absolute Gasteiger partial charge is 0.426 e. The van der Waals surface area contributed by atoms with Crippen LogP contribution in [0.15, 0.2) is 18.2 Å². The van der Waals surface area contributed by atoms with Gasteiger partial charge in [0.25, 0.3) is 0 Å². The monoisotopic (exact) mass is 482 g/mol. The van der Waals surface area contributed by atoms with Crippen LogP contribution in [-0.4, -0.2) is 76.7 Å². The maximum atomic E-state index is 13.9. The van der Waals surface area contributed by atoms with E-state index in [1.165, 1.54) is 11.9 Å². The number of amides is 4. The predicted octanol–water partition coefficient (Wildman–Crippen LogP) is 4.82. The van der Waals surface area contributed by atoms with E-state index in [1.54, 1.807) is 17.0 Å². The first-order chi connectivity index (χ1) is 15.1. The average Bonchev–Trinajstić information content (AvgIpc) is 3.38. The molecular formula is C23H30Cl2N3O4+. The molecule has 2 aliphatic heterocycles. The summed E-state index contributed by atoms with van der Waals surface area (Å²) in [5.74, 6) is -0.227. The second-order valence-electron chi connectivity index (χ2n) is 9.77. The quantitative estimate of drug-likeness (QED) is 0.626. The number of carbonyl (C=O) groups excluding carboxylic acids is 2. The molecule has 0 bridgehead atoms. The molecule has 174 valence electrons. The lowest BCUT2D eigenvalue weighted by Gasteiger charge is -2.40. The minimum absolute atomic E-state index is 0.0309. The number of likely N-dealkylation sites (N-methyl/N-ethyl adjacent to an activating group) is 1. The summed E-state index contributed by atoms with van der Waals surface area (Å²) in [7, 11) is 1.52. The van der Waals surface area contributed by atoms with Gasteiger partial charge < -0.3 is 10.0 Å². The molecule has 1 N–H and O–H groups in total. The molecule has 0 aromatic heterocycles. The zero-order valence-electron chi connectivity index (χ0n) is 18.5. The Morgan fingerprint density at radius 1 is 1.09 bits per heavy atom. The fraction of sp³-hybridized carbons (Fsp3) is 0.609. The van der Waals surface area contributed by atoms with Crippen molar-refractivity contribution in [1.29, 1.82) is 0 Å². The number of carbonyl (C=O) groups is 3. The van der Waals surface area contributed by atoms with Crippen LogP contribution >= 0.6 is 23.2 Å². The third-order valence-corrected chi connectivity index (χ3v) is 8.32. The Bertz CT molecular complexity index is 943. The lowest BCUT2D eigenvalue weighted by Crippen LogP contribution is -2.65. The van der Waals surface area contributed by atoms with E-state index in [0.717, 1.165) is 37.7 Å². The molecule has 4 amide bonds. The van der Waals surface area contributed by atoms with Crippen molar-refractivity contribution in [3.05, 3.63) is 33.8 Å². The topological polar surface area (TPSA) is 77.9 Å². The van der Waals surface area contributed by atoms with Gasteiger partial charge in [0.05, 0.1) is 34.6 Å². The van der Waals surface area contributed by atoms with Gasteiger partial charge in [0.1, 0.15) is 0 Å². The van der Waals surface area contributed by atoms with Crippen LogP contribution in [-0.2, 0) is 4.79 Å². The van der Waals surface area contributed by atoms with Crippen LogP contribution in [0, 0.1) is 5.41 Å². The Hall–Kier alpha value is -1.83. The zero-order valence-corrected chi connectivity index (χ0v) is 20.0. The van der Waals surface area contributed by atoms with Crippen molar-refractivity contribution < 1.29 is 24.0 Å². The van der Waals surface area contributed by atoms with Crippen molar-refractivity contribution in [2.45, 2.75) is 51.0 Å². The number of likely N-dealkylation sites (tertiary alicyclic amines) is 2. The number of rotatable bonds is 3. The van der Waals surface area contributed by atoms with Gasteiger partial charge in [0.15, 0.2) is 0 Å². The molecule has 7 nitrogen and oxygen atoms in total. The summed E-state index contributed by atoms with van der Waals surface area (Å²) in [6, 6.07) is 4.64. The van der Waals surface area contributed by atoms with E-state index in [0.29, 0.717) is 29.7 Å². The van der Waals surface area contributed by atoms with Crippen LogP contribution in [0.2, 0.25) is 10.0 Å². The Labute approximate surface area is 198 Å². The van der Waals surface area contributed by atoms with E-state index in [1.807, 2.05) is 13.0 Å². The lowest BCUT2D eigenvalue weighted by atomic mass is 9.93. The molecular weight excluding hydrogens is 453 g/mol. The summed E-state index contributed by atoms with van der Waals surface area (Å²) in [4.78, 5) is 42.2. The van der Waals surface area contributed by atoms with Gasteiger partial charge in [0, 0.05) is 26.1 Å². The number of nitrogens with zero attached hydrogens (tertiary/aromatic N) is 3. The molecule has 1 aromatic rings. The SMILES string of the molecule is CN(C(=O)O)[C@@H]1CN(C(=O)[N+]2(C(=O)C3(C)CC3)CCCCC2)C[C@@H]1c1ccc(Cl)c(Cl)c1. The molecule has 1 aromatic carbocycles. The molecule has 2 heterocycles. The van der Waals surface area contributed by atoms with Gasteiger partial charge in [-0.1, -0.05) is 29.3 Å². The highest BCUT2D eigenvalue weighted by Gasteiger charge is 2.61. The third-order valence-electron chi connectivity index (χ3n) is 7.58. The molecule has 0 radical (unpaired) electrons. The molecule has 32 heavy (non-hydrogen) atoms. The Morgan fingerprint density at radius 3 is 2.31 bits per heavy atom. The van der Waals surface area contributed by atoms with Crippen molar-refractivity contribution >= 4 is 41.2 Å². The molecule has 4 rings (SSSR count). The van der Waals surface area contributed by atoms with E-state index in [4.69, 9.17) is 23.2 Å². The minimum atomic E-state index is -1.06. The number of halogens is 2. The Balaban J connectivity index is 1.66. The molecule has 1 saturated carbocycles. The summed E-state index contributed by atoms with van der Waals surface area (Å²) >= 11 is 12.3.